The van der Waals surface area contributed by atoms with Crippen molar-refractivity contribution in [2.45, 2.75) is 52.2 Å². The molecule has 1 aliphatic rings. The lowest BCUT2D eigenvalue weighted by molar-refractivity contribution is 0.0578. The molecule has 1 aromatic heterocycles. The number of carbonyl (C=O) groups is 1. The largest absolute Gasteiger partial charge is 0.497 e. The van der Waals surface area contributed by atoms with Crippen LogP contribution in [0.25, 0.3) is 11.3 Å². The highest BCUT2D eigenvalue weighted by atomic mass is 16.6. The Labute approximate surface area is 281 Å². The summed E-state index contributed by atoms with van der Waals surface area (Å²) in [5, 5.41) is 26.5. The minimum absolute atomic E-state index is 0.299. The second-order valence-corrected chi connectivity index (χ2v) is 13.0. The number of amides is 1. The Bertz CT molecular complexity index is 1940. The zero-order valence-electron chi connectivity index (χ0n) is 28.3. The Kier molecular flexibility index (Phi) is 9.55. The van der Waals surface area contributed by atoms with E-state index in [0.29, 0.717) is 65.2 Å². The Morgan fingerprint density at radius 2 is 1.83 bits per heavy atom. The summed E-state index contributed by atoms with van der Waals surface area (Å²) < 4.78 is 16.7. The molecule has 0 fully saturated rings. The van der Waals surface area contributed by atoms with Gasteiger partial charge in [0.1, 0.15) is 23.2 Å². The normalized spacial score (nSPS) is 15.2. The molecule has 0 saturated heterocycles. The third-order valence-corrected chi connectivity index (χ3v) is 8.16. The lowest BCUT2D eigenvalue weighted by Gasteiger charge is -2.28. The zero-order valence-corrected chi connectivity index (χ0v) is 28.3. The first-order valence-electron chi connectivity index (χ1n) is 15.5. The van der Waals surface area contributed by atoms with E-state index in [-0.39, 0.29) is 0 Å². The molecule has 2 heterocycles. The van der Waals surface area contributed by atoms with Gasteiger partial charge in [-0.2, -0.15) is 10.5 Å². The third kappa shape index (κ3) is 7.17. The smallest absolute Gasteiger partial charge is 0.414 e. The van der Waals surface area contributed by atoms with E-state index in [1.54, 1.807) is 49.6 Å². The van der Waals surface area contributed by atoms with E-state index in [1.807, 2.05) is 58.0 Å². The number of nitriles is 2. The molecule has 4 aromatic rings. The molecule has 2 N–H and O–H groups in total. The highest BCUT2D eigenvalue weighted by molar-refractivity contribution is 5.95. The summed E-state index contributed by atoms with van der Waals surface area (Å²) in [5.74, 6) is 1.75. The molecule has 1 aliphatic heterocycles. The summed E-state index contributed by atoms with van der Waals surface area (Å²) in [6.45, 7) is 10.7. The van der Waals surface area contributed by atoms with Crippen LogP contribution in [-0.2, 0) is 16.7 Å². The van der Waals surface area contributed by atoms with E-state index in [1.165, 1.54) is 0 Å². The number of hydrogen-bond donors (Lipinski definition) is 2. The van der Waals surface area contributed by atoms with Crippen molar-refractivity contribution in [2.24, 2.45) is 0 Å². The SMILES string of the molecule is COc1ccc(CNC[C@@]2(C)CN(C(=O)OC(C)(C)C)c3c(C#N)cc(-c4ccnc(Nc5cc(C#N)ccc5C)n4)cc32)c(OC)c1. The van der Waals surface area contributed by atoms with Gasteiger partial charge in [0.05, 0.1) is 42.8 Å². The number of fused-ring (bicyclic) bond motifs is 1. The van der Waals surface area contributed by atoms with Crippen LogP contribution in [0.15, 0.2) is 60.8 Å². The molecule has 11 heteroatoms. The van der Waals surface area contributed by atoms with Crippen LogP contribution in [0.4, 0.5) is 22.1 Å². The monoisotopic (exact) mass is 645 g/mol. The van der Waals surface area contributed by atoms with Crippen molar-refractivity contribution in [3.05, 3.63) is 88.6 Å². The quantitative estimate of drug-likeness (QED) is 0.200. The van der Waals surface area contributed by atoms with E-state index in [0.717, 1.165) is 22.4 Å². The minimum atomic E-state index is -0.721. The number of aryl methyl sites for hydroxylation is 1. The number of nitrogens with one attached hydrogen (secondary N) is 2. The number of methoxy groups -OCH3 is 2. The van der Waals surface area contributed by atoms with Gasteiger partial charge in [-0.3, -0.25) is 4.90 Å². The van der Waals surface area contributed by atoms with Gasteiger partial charge in [-0.05, 0) is 75.2 Å². The van der Waals surface area contributed by atoms with Gasteiger partial charge in [-0.25, -0.2) is 14.8 Å². The number of anilines is 3. The Morgan fingerprint density at radius 1 is 1.04 bits per heavy atom. The highest BCUT2D eigenvalue weighted by Gasteiger charge is 2.44. The van der Waals surface area contributed by atoms with Gasteiger partial charge >= 0.3 is 6.09 Å². The molecule has 1 amide bonds. The molecule has 0 aliphatic carbocycles. The van der Waals surface area contributed by atoms with E-state index in [2.05, 4.69) is 34.7 Å². The summed E-state index contributed by atoms with van der Waals surface area (Å²) >= 11 is 0. The molecule has 11 nitrogen and oxygen atoms in total. The molecule has 0 radical (unpaired) electrons. The van der Waals surface area contributed by atoms with Crippen LogP contribution >= 0.6 is 0 Å². The van der Waals surface area contributed by atoms with Crippen molar-refractivity contribution in [1.82, 2.24) is 15.3 Å². The Morgan fingerprint density at radius 3 is 2.52 bits per heavy atom. The third-order valence-electron chi connectivity index (χ3n) is 8.16. The number of nitrogens with zero attached hydrogens (tertiary/aromatic N) is 5. The van der Waals surface area contributed by atoms with Crippen molar-refractivity contribution in [3.8, 4) is 34.9 Å². The fraction of sp³-hybridized carbons (Fsp3) is 0.324. The Balaban J connectivity index is 1.52. The first kappa shape index (κ1) is 33.7. The van der Waals surface area contributed by atoms with Crippen LogP contribution < -0.4 is 25.0 Å². The van der Waals surface area contributed by atoms with Crippen molar-refractivity contribution in [3.63, 3.8) is 0 Å². The average molecular weight is 646 g/mol. The van der Waals surface area contributed by atoms with Gasteiger partial charge < -0.3 is 24.8 Å². The van der Waals surface area contributed by atoms with Gasteiger partial charge in [0.2, 0.25) is 5.95 Å². The summed E-state index contributed by atoms with van der Waals surface area (Å²) in [4.78, 5) is 24.3. The van der Waals surface area contributed by atoms with Crippen LogP contribution in [-0.4, -0.2) is 49.0 Å². The lowest BCUT2D eigenvalue weighted by atomic mass is 9.82. The van der Waals surface area contributed by atoms with Crippen LogP contribution in [0.2, 0.25) is 0 Å². The first-order chi connectivity index (χ1) is 22.9. The summed E-state index contributed by atoms with van der Waals surface area (Å²) in [7, 11) is 3.23. The molecule has 3 aromatic carbocycles. The number of hydrogen-bond acceptors (Lipinski definition) is 10. The maximum Gasteiger partial charge on any atom is 0.414 e. The molecule has 0 bridgehead atoms. The van der Waals surface area contributed by atoms with Gasteiger partial charge in [-0.1, -0.05) is 19.1 Å². The second-order valence-electron chi connectivity index (χ2n) is 13.0. The first-order valence-corrected chi connectivity index (χ1v) is 15.5. The predicted octanol–water partition coefficient (Wildman–Crippen LogP) is 6.76. The van der Waals surface area contributed by atoms with Crippen molar-refractivity contribution < 1.29 is 19.0 Å². The highest BCUT2D eigenvalue weighted by Crippen LogP contribution is 2.45. The number of carbonyl (C=O) groups excluding carboxylic acids is 1. The van der Waals surface area contributed by atoms with E-state index in [9.17, 15) is 15.3 Å². The lowest BCUT2D eigenvalue weighted by Crippen LogP contribution is -2.43. The zero-order chi connectivity index (χ0) is 34.6. The summed E-state index contributed by atoms with van der Waals surface area (Å²) in [6.07, 6.45) is 1.13. The Hall–Kier alpha value is -5.65. The molecule has 5 rings (SSSR count). The predicted molar refractivity (Wildman–Crippen MR) is 184 cm³/mol. The standard InChI is InChI=1S/C37H39N7O4/c1-23-8-9-24(18-38)14-31(23)43-34-41-13-12-30(42-34)26-15-27(19-39)33-29(16-26)37(5,22-44(33)35(45)48-36(2,3)4)21-40-20-25-10-11-28(46-6)17-32(25)47-7/h8-17,40H,20-22H2,1-7H3,(H,41,42,43)/t37-/m0/s1. The maximum absolute atomic E-state index is 13.6. The number of aromatic nitrogens is 2. The van der Waals surface area contributed by atoms with E-state index < -0.39 is 17.1 Å². The molecule has 0 spiro atoms. The van der Waals surface area contributed by atoms with Crippen LogP contribution in [0.3, 0.4) is 0 Å². The molecule has 0 unspecified atom stereocenters. The van der Waals surface area contributed by atoms with Gasteiger partial charge in [0.15, 0.2) is 0 Å². The van der Waals surface area contributed by atoms with Gasteiger partial charge in [0.25, 0.3) is 0 Å². The topological polar surface area (TPSA) is 145 Å². The van der Waals surface area contributed by atoms with Gasteiger partial charge in [-0.15, -0.1) is 0 Å². The summed E-state index contributed by atoms with van der Waals surface area (Å²) in [5.41, 5.74) is 4.78. The fourth-order valence-electron chi connectivity index (χ4n) is 5.75. The molecular formula is C37H39N7O4. The van der Waals surface area contributed by atoms with E-state index in [4.69, 9.17) is 19.2 Å². The number of rotatable bonds is 9. The minimum Gasteiger partial charge on any atom is -0.497 e. The molecule has 0 saturated carbocycles. The van der Waals surface area contributed by atoms with Crippen molar-refractivity contribution in [2.75, 3.05) is 37.5 Å². The van der Waals surface area contributed by atoms with Crippen LogP contribution in [0.5, 0.6) is 11.5 Å². The van der Waals surface area contributed by atoms with E-state index >= 15 is 0 Å². The number of benzene rings is 3. The van der Waals surface area contributed by atoms with Crippen molar-refractivity contribution in [1.29, 1.82) is 10.5 Å². The average Bonchev–Trinajstić information content (AvgIpc) is 3.37. The molecule has 48 heavy (non-hydrogen) atoms. The van der Waals surface area contributed by atoms with Crippen LogP contribution in [0.1, 0.15) is 55.5 Å². The summed E-state index contributed by atoms with van der Waals surface area (Å²) in [6, 6.07) is 21.0. The molecule has 246 valence electrons. The van der Waals surface area contributed by atoms with Crippen LogP contribution in [0, 0.1) is 29.6 Å². The second kappa shape index (κ2) is 13.6. The van der Waals surface area contributed by atoms with Crippen molar-refractivity contribution >= 4 is 23.4 Å². The van der Waals surface area contributed by atoms with Gasteiger partial charge in [0, 0.05) is 54.1 Å². The fourth-order valence-corrected chi connectivity index (χ4v) is 5.75. The maximum atomic E-state index is 13.6. The number of ether oxygens (including phenoxy) is 3. The molecular weight excluding hydrogens is 606 g/mol. The molecule has 1 atom stereocenters.